The molecule has 31 heavy (non-hydrogen) atoms. The molecule has 0 aromatic carbocycles. The number of rotatable bonds is 5. The van der Waals surface area contributed by atoms with Gasteiger partial charge in [-0.1, -0.05) is 25.3 Å². The van der Waals surface area contributed by atoms with Crippen LogP contribution in [0.1, 0.15) is 44.6 Å². The molecule has 9 heteroatoms. The van der Waals surface area contributed by atoms with Crippen LogP contribution >= 0.6 is 0 Å². The third kappa shape index (κ3) is 4.23. The molecule has 168 valence electrons. The van der Waals surface area contributed by atoms with E-state index >= 15 is 0 Å². The number of hydrogen-bond donors (Lipinski definition) is 1. The topological polar surface area (TPSA) is 95.1 Å². The molecular formula is C22H31N5O4. The van der Waals surface area contributed by atoms with Crippen LogP contribution in [-0.2, 0) is 20.9 Å². The highest BCUT2D eigenvalue weighted by Crippen LogP contribution is 2.39. The summed E-state index contributed by atoms with van der Waals surface area (Å²) in [4.78, 5) is 47.4. The number of hydrogen-bond acceptors (Lipinski definition) is 6. The summed E-state index contributed by atoms with van der Waals surface area (Å²) >= 11 is 0. The second kappa shape index (κ2) is 8.82. The number of anilines is 1. The summed E-state index contributed by atoms with van der Waals surface area (Å²) in [5, 5.41) is 2.80. The van der Waals surface area contributed by atoms with Gasteiger partial charge in [-0.25, -0.2) is 9.78 Å². The van der Waals surface area contributed by atoms with Crippen molar-refractivity contribution in [2.45, 2.75) is 57.2 Å². The molecule has 3 fully saturated rings. The molecule has 3 aliphatic rings. The Labute approximate surface area is 182 Å². The van der Waals surface area contributed by atoms with Crippen molar-refractivity contribution < 1.29 is 19.1 Å². The van der Waals surface area contributed by atoms with Gasteiger partial charge in [-0.05, 0) is 31.4 Å². The summed E-state index contributed by atoms with van der Waals surface area (Å²) in [7, 11) is 1.67. The predicted octanol–water partition coefficient (Wildman–Crippen LogP) is 1.52. The molecule has 3 heterocycles. The Balaban J connectivity index is 1.31. The molecule has 1 aromatic rings. The van der Waals surface area contributed by atoms with E-state index in [-0.39, 0.29) is 30.5 Å². The third-order valence-electron chi connectivity index (χ3n) is 6.65. The Hall–Kier alpha value is -2.68. The van der Waals surface area contributed by atoms with E-state index in [9.17, 15) is 14.4 Å². The first-order valence-corrected chi connectivity index (χ1v) is 11.1. The van der Waals surface area contributed by atoms with Crippen molar-refractivity contribution in [3.63, 3.8) is 0 Å². The fourth-order valence-electron chi connectivity index (χ4n) is 4.81. The van der Waals surface area contributed by atoms with E-state index in [0.29, 0.717) is 26.0 Å². The van der Waals surface area contributed by atoms with E-state index in [1.807, 2.05) is 19.1 Å². The van der Waals surface area contributed by atoms with Gasteiger partial charge in [0.1, 0.15) is 17.9 Å². The molecule has 0 radical (unpaired) electrons. The molecule has 9 nitrogen and oxygen atoms in total. The van der Waals surface area contributed by atoms with Gasteiger partial charge in [-0.3, -0.25) is 14.5 Å². The molecule has 1 aromatic heterocycles. The molecule has 1 N–H and O–H groups in total. The maximum atomic E-state index is 13.0. The van der Waals surface area contributed by atoms with Crippen LogP contribution in [0, 0.1) is 0 Å². The number of morpholine rings is 1. The molecule has 0 bridgehead atoms. The molecule has 1 saturated carbocycles. The second-order valence-electron chi connectivity index (χ2n) is 8.75. The van der Waals surface area contributed by atoms with E-state index in [2.05, 4.69) is 15.2 Å². The van der Waals surface area contributed by atoms with Gasteiger partial charge in [0.15, 0.2) is 0 Å². The fourth-order valence-corrected chi connectivity index (χ4v) is 4.81. The zero-order chi connectivity index (χ0) is 22.0. The Kier molecular flexibility index (Phi) is 6.13. The molecule has 1 atom stereocenters. The van der Waals surface area contributed by atoms with E-state index in [1.165, 1.54) is 4.90 Å². The van der Waals surface area contributed by atoms with Crippen LogP contribution in [-0.4, -0.2) is 77.6 Å². The molecule has 4 amide bonds. The van der Waals surface area contributed by atoms with E-state index in [0.717, 1.165) is 48.6 Å². The van der Waals surface area contributed by atoms with Crippen molar-refractivity contribution in [1.29, 1.82) is 0 Å². The lowest BCUT2D eigenvalue weighted by Gasteiger charge is -2.35. The highest BCUT2D eigenvalue weighted by molar-refractivity contribution is 6.08. The molecule has 2 saturated heterocycles. The molecule has 4 rings (SSSR count). The lowest BCUT2D eigenvalue weighted by molar-refractivity contribution is -0.137. The van der Waals surface area contributed by atoms with Crippen LogP contribution in [0.4, 0.5) is 10.6 Å². The molecule has 1 aliphatic carbocycles. The van der Waals surface area contributed by atoms with Gasteiger partial charge in [-0.15, -0.1) is 0 Å². The molecule has 2 aliphatic heterocycles. The summed E-state index contributed by atoms with van der Waals surface area (Å²) < 4.78 is 5.56. The minimum atomic E-state index is -0.758. The quantitative estimate of drug-likeness (QED) is 0.713. The minimum absolute atomic E-state index is 0.178. The first-order valence-electron chi connectivity index (χ1n) is 11.1. The number of amides is 4. The van der Waals surface area contributed by atoms with Gasteiger partial charge in [0.05, 0.1) is 12.7 Å². The lowest BCUT2D eigenvalue weighted by Crippen LogP contribution is -2.49. The second-order valence-corrected chi connectivity index (χ2v) is 8.75. The van der Waals surface area contributed by atoms with E-state index in [1.54, 1.807) is 13.2 Å². The number of aromatic nitrogens is 1. The van der Waals surface area contributed by atoms with Gasteiger partial charge < -0.3 is 19.9 Å². The Morgan fingerprint density at radius 3 is 2.71 bits per heavy atom. The van der Waals surface area contributed by atoms with Gasteiger partial charge >= 0.3 is 6.03 Å². The van der Waals surface area contributed by atoms with Crippen LogP contribution in [0.5, 0.6) is 0 Å². The SMILES string of the molecule is CC1CN(c2ccc(CNC(=O)CN3C(=O)N(C)C4(CCCCC4)C3=O)cn2)CCO1. The Bertz CT molecular complexity index is 837. The van der Waals surface area contributed by atoms with Crippen LogP contribution in [0.3, 0.4) is 0 Å². The van der Waals surface area contributed by atoms with Crippen molar-refractivity contribution in [2.75, 3.05) is 38.2 Å². The number of urea groups is 1. The van der Waals surface area contributed by atoms with E-state index < -0.39 is 5.54 Å². The summed E-state index contributed by atoms with van der Waals surface area (Å²) in [6.45, 7) is 4.38. The van der Waals surface area contributed by atoms with Crippen molar-refractivity contribution >= 4 is 23.7 Å². The number of nitrogens with zero attached hydrogens (tertiary/aromatic N) is 4. The lowest BCUT2D eigenvalue weighted by atomic mass is 9.81. The Morgan fingerprint density at radius 1 is 1.26 bits per heavy atom. The summed E-state index contributed by atoms with van der Waals surface area (Å²) in [5.74, 6) is 0.300. The summed E-state index contributed by atoms with van der Waals surface area (Å²) in [5.41, 5.74) is 0.102. The number of nitrogens with one attached hydrogen (secondary N) is 1. The number of ether oxygens (including phenoxy) is 1. The molecule has 1 unspecified atom stereocenters. The zero-order valence-corrected chi connectivity index (χ0v) is 18.3. The molecular weight excluding hydrogens is 398 g/mol. The van der Waals surface area contributed by atoms with Crippen molar-refractivity contribution in [1.82, 2.24) is 20.1 Å². The zero-order valence-electron chi connectivity index (χ0n) is 18.3. The van der Waals surface area contributed by atoms with Crippen LogP contribution in [0.25, 0.3) is 0 Å². The number of carbonyl (C=O) groups excluding carboxylic acids is 3. The van der Waals surface area contributed by atoms with Gasteiger partial charge in [-0.2, -0.15) is 0 Å². The third-order valence-corrected chi connectivity index (χ3v) is 6.65. The van der Waals surface area contributed by atoms with Crippen molar-refractivity contribution in [2.24, 2.45) is 0 Å². The smallest absolute Gasteiger partial charge is 0.327 e. The minimum Gasteiger partial charge on any atom is -0.375 e. The Morgan fingerprint density at radius 2 is 2.03 bits per heavy atom. The maximum Gasteiger partial charge on any atom is 0.327 e. The number of likely N-dealkylation sites (N-methyl/N-ethyl adjacent to an activating group) is 1. The first-order chi connectivity index (χ1) is 14.9. The number of imide groups is 1. The van der Waals surface area contributed by atoms with Crippen LogP contribution in [0.15, 0.2) is 18.3 Å². The predicted molar refractivity (Wildman–Crippen MR) is 114 cm³/mol. The van der Waals surface area contributed by atoms with E-state index in [4.69, 9.17) is 4.74 Å². The van der Waals surface area contributed by atoms with Gasteiger partial charge in [0.2, 0.25) is 5.91 Å². The van der Waals surface area contributed by atoms with Gasteiger partial charge in [0.25, 0.3) is 5.91 Å². The van der Waals surface area contributed by atoms with Crippen LogP contribution < -0.4 is 10.2 Å². The van der Waals surface area contributed by atoms with Crippen molar-refractivity contribution in [3.05, 3.63) is 23.9 Å². The number of carbonyl (C=O) groups is 3. The fraction of sp³-hybridized carbons (Fsp3) is 0.636. The summed E-state index contributed by atoms with van der Waals surface area (Å²) in [6, 6.07) is 3.49. The van der Waals surface area contributed by atoms with Crippen LogP contribution in [0.2, 0.25) is 0 Å². The van der Waals surface area contributed by atoms with Crippen molar-refractivity contribution in [3.8, 4) is 0 Å². The standard InChI is InChI=1S/C22H31N5O4/c1-16-14-26(10-11-31-16)18-7-6-17(12-23-18)13-24-19(28)15-27-20(29)22(25(2)21(27)30)8-4-3-5-9-22/h6-7,12,16H,3-5,8-11,13-15H2,1-2H3,(H,24,28). The highest BCUT2D eigenvalue weighted by Gasteiger charge is 2.55. The first kappa shape index (κ1) is 21.5. The maximum absolute atomic E-state index is 13.0. The monoisotopic (exact) mass is 429 g/mol. The normalized spacial score (nSPS) is 23.5. The van der Waals surface area contributed by atoms with Gasteiger partial charge in [0, 0.05) is 32.9 Å². The number of pyridine rings is 1. The summed E-state index contributed by atoms with van der Waals surface area (Å²) in [6.07, 6.45) is 6.20. The molecule has 1 spiro atoms. The average Bonchev–Trinajstić information content (AvgIpc) is 2.95. The highest BCUT2D eigenvalue weighted by atomic mass is 16.5. The average molecular weight is 430 g/mol. The largest absolute Gasteiger partial charge is 0.375 e.